The minimum atomic E-state index is 0.0546. The lowest BCUT2D eigenvalue weighted by molar-refractivity contribution is -0.116. The second-order valence-corrected chi connectivity index (χ2v) is 5.95. The van der Waals surface area contributed by atoms with E-state index in [0.29, 0.717) is 13.0 Å². The Balaban J connectivity index is 1.51. The number of aryl methyl sites for hydroxylation is 1. The smallest absolute Gasteiger partial charge is 0.224 e. The van der Waals surface area contributed by atoms with Gasteiger partial charge < -0.3 is 5.32 Å². The van der Waals surface area contributed by atoms with Crippen molar-refractivity contribution in [1.82, 2.24) is 19.7 Å². The molecule has 0 spiro atoms. The third-order valence-corrected chi connectivity index (χ3v) is 4.14. The fourth-order valence-corrected chi connectivity index (χ4v) is 2.92. The Hall–Kier alpha value is -2.21. The van der Waals surface area contributed by atoms with Crippen molar-refractivity contribution in [2.45, 2.75) is 38.8 Å². The van der Waals surface area contributed by atoms with Gasteiger partial charge in [-0.25, -0.2) is 4.98 Å². The van der Waals surface area contributed by atoms with Gasteiger partial charge in [0.1, 0.15) is 12.7 Å². The van der Waals surface area contributed by atoms with E-state index in [0.717, 1.165) is 31.7 Å². The summed E-state index contributed by atoms with van der Waals surface area (Å²) in [5.41, 5.74) is 2.13. The number of benzene rings is 1. The van der Waals surface area contributed by atoms with Crippen LogP contribution in [0.4, 0.5) is 5.69 Å². The van der Waals surface area contributed by atoms with Crippen molar-refractivity contribution in [3.8, 4) is 0 Å². The number of carbonyl (C=O) groups is 1. The SMILES string of the molecule is O=C(CCCn1cncn1)Nc1ccccc1CN1CCCC1. The highest BCUT2D eigenvalue weighted by Crippen LogP contribution is 2.20. The molecule has 0 atom stereocenters. The number of anilines is 1. The van der Waals surface area contributed by atoms with Crippen LogP contribution in [0.15, 0.2) is 36.9 Å². The van der Waals surface area contributed by atoms with Crippen molar-refractivity contribution in [1.29, 1.82) is 0 Å². The summed E-state index contributed by atoms with van der Waals surface area (Å²) in [6.45, 7) is 3.93. The number of aromatic nitrogens is 3. The zero-order chi connectivity index (χ0) is 15.9. The highest BCUT2D eigenvalue weighted by atomic mass is 16.1. The van der Waals surface area contributed by atoms with E-state index in [1.165, 1.54) is 24.7 Å². The summed E-state index contributed by atoms with van der Waals surface area (Å²) in [6.07, 6.45) is 6.97. The molecule has 1 aliphatic heterocycles. The Morgan fingerprint density at radius 2 is 2.04 bits per heavy atom. The van der Waals surface area contributed by atoms with Crippen LogP contribution in [-0.4, -0.2) is 38.7 Å². The molecule has 0 radical (unpaired) electrons. The van der Waals surface area contributed by atoms with Crippen LogP contribution < -0.4 is 5.32 Å². The number of rotatable bonds is 7. The second-order valence-electron chi connectivity index (χ2n) is 5.95. The number of hydrogen-bond acceptors (Lipinski definition) is 4. The molecule has 1 N–H and O–H groups in total. The average Bonchev–Trinajstić information content (AvgIpc) is 3.23. The second kappa shape index (κ2) is 7.87. The van der Waals surface area contributed by atoms with Crippen molar-refractivity contribution < 1.29 is 4.79 Å². The first-order valence-corrected chi connectivity index (χ1v) is 8.24. The van der Waals surface area contributed by atoms with Gasteiger partial charge in [0.2, 0.25) is 5.91 Å². The number of nitrogens with one attached hydrogen (secondary N) is 1. The molecular formula is C17H23N5O. The molecule has 1 amide bonds. The topological polar surface area (TPSA) is 63.1 Å². The summed E-state index contributed by atoms with van der Waals surface area (Å²) in [5.74, 6) is 0.0546. The quantitative estimate of drug-likeness (QED) is 0.852. The fourth-order valence-electron chi connectivity index (χ4n) is 2.92. The normalized spacial score (nSPS) is 15.0. The molecule has 1 fully saturated rings. The van der Waals surface area contributed by atoms with Crippen molar-refractivity contribution in [3.63, 3.8) is 0 Å². The summed E-state index contributed by atoms with van der Waals surface area (Å²) in [4.78, 5) is 18.5. The van der Waals surface area contributed by atoms with Gasteiger partial charge in [-0.3, -0.25) is 14.4 Å². The van der Waals surface area contributed by atoms with Gasteiger partial charge in [0, 0.05) is 25.2 Å². The van der Waals surface area contributed by atoms with Crippen LogP contribution >= 0.6 is 0 Å². The van der Waals surface area contributed by atoms with E-state index >= 15 is 0 Å². The molecule has 2 heterocycles. The molecule has 0 unspecified atom stereocenters. The summed E-state index contributed by atoms with van der Waals surface area (Å²) in [5, 5.41) is 7.09. The Morgan fingerprint density at radius 1 is 1.22 bits per heavy atom. The van der Waals surface area contributed by atoms with Crippen LogP contribution in [0.2, 0.25) is 0 Å². The number of carbonyl (C=O) groups excluding carboxylic acids is 1. The minimum Gasteiger partial charge on any atom is -0.326 e. The molecule has 0 aliphatic carbocycles. The third-order valence-electron chi connectivity index (χ3n) is 4.14. The van der Waals surface area contributed by atoms with E-state index in [1.807, 2.05) is 18.2 Å². The van der Waals surface area contributed by atoms with Gasteiger partial charge in [-0.2, -0.15) is 5.10 Å². The number of nitrogens with zero attached hydrogens (tertiary/aromatic N) is 4. The van der Waals surface area contributed by atoms with Crippen LogP contribution in [0, 0.1) is 0 Å². The first-order chi connectivity index (χ1) is 11.3. The number of para-hydroxylation sites is 1. The van der Waals surface area contributed by atoms with Crippen LogP contribution in [-0.2, 0) is 17.9 Å². The average molecular weight is 313 g/mol. The molecule has 6 nitrogen and oxygen atoms in total. The summed E-state index contributed by atoms with van der Waals surface area (Å²) in [6, 6.07) is 8.09. The maximum atomic E-state index is 12.2. The maximum absolute atomic E-state index is 12.2. The summed E-state index contributed by atoms with van der Waals surface area (Å²) in [7, 11) is 0. The highest BCUT2D eigenvalue weighted by molar-refractivity contribution is 5.91. The summed E-state index contributed by atoms with van der Waals surface area (Å²) < 4.78 is 1.74. The molecule has 0 bridgehead atoms. The molecule has 1 aromatic carbocycles. The van der Waals surface area contributed by atoms with E-state index in [-0.39, 0.29) is 5.91 Å². The largest absolute Gasteiger partial charge is 0.326 e. The van der Waals surface area contributed by atoms with Gasteiger partial charge in [0.05, 0.1) is 0 Å². The Morgan fingerprint density at radius 3 is 2.83 bits per heavy atom. The van der Waals surface area contributed by atoms with Crippen LogP contribution in [0.1, 0.15) is 31.2 Å². The molecule has 2 aromatic rings. The van der Waals surface area contributed by atoms with Gasteiger partial charge in [0.15, 0.2) is 0 Å². The molecule has 122 valence electrons. The lowest BCUT2D eigenvalue weighted by Crippen LogP contribution is -2.20. The molecule has 23 heavy (non-hydrogen) atoms. The maximum Gasteiger partial charge on any atom is 0.224 e. The highest BCUT2D eigenvalue weighted by Gasteiger charge is 2.14. The lowest BCUT2D eigenvalue weighted by atomic mass is 10.1. The van der Waals surface area contributed by atoms with Gasteiger partial charge >= 0.3 is 0 Å². The van der Waals surface area contributed by atoms with E-state index in [9.17, 15) is 4.79 Å². The van der Waals surface area contributed by atoms with Crippen LogP contribution in [0.5, 0.6) is 0 Å². The first kappa shape index (κ1) is 15.7. The van der Waals surface area contributed by atoms with Gasteiger partial charge in [0.25, 0.3) is 0 Å². The van der Waals surface area contributed by atoms with Crippen molar-refractivity contribution in [2.75, 3.05) is 18.4 Å². The van der Waals surface area contributed by atoms with Crippen molar-refractivity contribution in [2.24, 2.45) is 0 Å². The molecule has 1 aromatic heterocycles. The monoisotopic (exact) mass is 313 g/mol. The zero-order valence-electron chi connectivity index (χ0n) is 13.3. The minimum absolute atomic E-state index is 0.0546. The first-order valence-electron chi connectivity index (χ1n) is 8.24. The predicted octanol–water partition coefficient (Wildman–Crippen LogP) is 2.29. The van der Waals surface area contributed by atoms with Gasteiger partial charge in [-0.1, -0.05) is 18.2 Å². The molecule has 6 heteroatoms. The lowest BCUT2D eigenvalue weighted by Gasteiger charge is -2.17. The number of amides is 1. The predicted molar refractivity (Wildman–Crippen MR) is 88.8 cm³/mol. The zero-order valence-corrected chi connectivity index (χ0v) is 13.3. The van der Waals surface area contributed by atoms with E-state index in [2.05, 4.69) is 26.4 Å². The third kappa shape index (κ3) is 4.63. The molecular weight excluding hydrogens is 290 g/mol. The standard InChI is InChI=1S/C17H23N5O/c23-17(8-5-11-22-14-18-13-19-22)20-16-7-2-1-6-15(16)12-21-9-3-4-10-21/h1-2,6-7,13-14H,3-5,8-12H2,(H,20,23). The van der Waals surface area contributed by atoms with Crippen LogP contribution in [0.25, 0.3) is 0 Å². The number of likely N-dealkylation sites (tertiary alicyclic amines) is 1. The Labute approximate surface area is 136 Å². The molecule has 0 saturated carbocycles. The van der Waals surface area contributed by atoms with E-state index in [1.54, 1.807) is 11.0 Å². The van der Waals surface area contributed by atoms with Gasteiger partial charge in [-0.05, 0) is 44.0 Å². The van der Waals surface area contributed by atoms with Gasteiger partial charge in [-0.15, -0.1) is 0 Å². The van der Waals surface area contributed by atoms with Crippen molar-refractivity contribution in [3.05, 3.63) is 42.5 Å². The van der Waals surface area contributed by atoms with Crippen LogP contribution in [0.3, 0.4) is 0 Å². The molecule has 3 rings (SSSR count). The molecule has 1 saturated heterocycles. The Kier molecular flexibility index (Phi) is 5.37. The Bertz CT molecular complexity index is 620. The number of hydrogen-bond donors (Lipinski definition) is 1. The van der Waals surface area contributed by atoms with Crippen molar-refractivity contribution >= 4 is 11.6 Å². The summed E-state index contributed by atoms with van der Waals surface area (Å²) >= 11 is 0. The molecule has 1 aliphatic rings. The van der Waals surface area contributed by atoms with E-state index < -0.39 is 0 Å². The fraction of sp³-hybridized carbons (Fsp3) is 0.471. The van der Waals surface area contributed by atoms with E-state index in [4.69, 9.17) is 0 Å².